The van der Waals surface area contributed by atoms with Gasteiger partial charge in [-0.2, -0.15) is 0 Å². The van der Waals surface area contributed by atoms with Crippen LogP contribution in [0.5, 0.6) is 0 Å². The molecule has 5 nitrogen and oxygen atoms in total. The largest absolute Gasteiger partial charge is 0.444 e. The second kappa shape index (κ2) is 5.69. The predicted octanol–water partition coefficient (Wildman–Crippen LogP) is 0.824. The van der Waals surface area contributed by atoms with Crippen molar-refractivity contribution in [2.45, 2.75) is 38.8 Å². The van der Waals surface area contributed by atoms with Gasteiger partial charge in [0.05, 0.1) is 0 Å². The number of nitrogens with one attached hydrogen (secondary N) is 1. The van der Waals surface area contributed by atoms with E-state index in [0.29, 0.717) is 0 Å². The van der Waals surface area contributed by atoms with Gasteiger partial charge < -0.3 is 20.1 Å². The Morgan fingerprint density at radius 1 is 1.53 bits per heavy atom. The number of carbonyl (C=O) groups excluding carboxylic acids is 1. The molecule has 1 saturated heterocycles. The number of aliphatic hydroxyl groups is 1. The molecule has 1 amide bonds. The Morgan fingerprint density at radius 2 is 2.18 bits per heavy atom. The number of hydrogen-bond donors (Lipinski definition) is 2. The fourth-order valence-electron chi connectivity index (χ4n) is 2.00. The minimum absolute atomic E-state index is 0.0337. The maximum absolute atomic E-state index is 11.7. The van der Waals surface area contributed by atoms with Crippen molar-refractivity contribution in [1.82, 2.24) is 10.2 Å². The number of rotatable bonds is 2. The van der Waals surface area contributed by atoms with E-state index in [1.807, 2.05) is 27.8 Å². The summed E-state index contributed by atoms with van der Waals surface area (Å²) < 4.78 is 5.22. The molecule has 1 fully saturated rings. The Kier molecular flexibility index (Phi) is 4.77. The number of likely N-dealkylation sites (N-methyl/N-ethyl adjacent to an activating group) is 1. The van der Waals surface area contributed by atoms with E-state index in [4.69, 9.17) is 4.74 Å². The molecule has 1 rings (SSSR count). The van der Waals surface area contributed by atoms with Crippen molar-refractivity contribution in [3.63, 3.8) is 0 Å². The summed E-state index contributed by atoms with van der Waals surface area (Å²) in [6, 6.07) is -0.0337. The number of ether oxygens (including phenoxy) is 1. The molecule has 17 heavy (non-hydrogen) atoms. The summed E-state index contributed by atoms with van der Waals surface area (Å²) in [4.78, 5) is 13.8. The van der Waals surface area contributed by atoms with E-state index >= 15 is 0 Å². The van der Waals surface area contributed by atoms with E-state index < -0.39 is 11.7 Å². The van der Waals surface area contributed by atoms with Crippen LogP contribution >= 0.6 is 0 Å². The second-order valence-corrected chi connectivity index (χ2v) is 5.75. The average molecular weight is 244 g/mol. The topological polar surface area (TPSA) is 61.8 Å². The Hall–Kier alpha value is -0.810. The molecule has 100 valence electrons. The van der Waals surface area contributed by atoms with E-state index in [-0.39, 0.29) is 18.6 Å². The summed E-state index contributed by atoms with van der Waals surface area (Å²) in [5.74, 6) is 0.124. The fraction of sp³-hybridized carbons (Fsp3) is 0.917. The van der Waals surface area contributed by atoms with E-state index in [1.165, 1.54) is 0 Å². The van der Waals surface area contributed by atoms with Gasteiger partial charge in [-0.25, -0.2) is 4.79 Å². The van der Waals surface area contributed by atoms with Crippen molar-refractivity contribution < 1.29 is 14.6 Å². The third-order valence-corrected chi connectivity index (χ3v) is 2.90. The molecule has 1 aliphatic rings. The Morgan fingerprint density at radius 3 is 2.71 bits per heavy atom. The molecule has 0 radical (unpaired) electrons. The Labute approximate surface area is 103 Å². The molecule has 0 bridgehead atoms. The van der Waals surface area contributed by atoms with Crippen LogP contribution in [0.4, 0.5) is 4.79 Å². The molecule has 2 atom stereocenters. The number of carbonyl (C=O) groups is 1. The van der Waals surface area contributed by atoms with Crippen LogP contribution in [0.2, 0.25) is 0 Å². The van der Waals surface area contributed by atoms with Crippen LogP contribution in [0.25, 0.3) is 0 Å². The van der Waals surface area contributed by atoms with Crippen LogP contribution in [-0.4, -0.2) is 54.5 Å². The summed E-state index contributed by atoms with van der Waals surface area (Å²) in [5.41, 5.74) is -0.487. The predicted molar refractivity (Wildman–Crippen MR) is 65.8 cm³/mol. The maximum atomic E-state index is 11.7. The third kappa shape index (κ3) is 4.91. The molecule has 1 heterocycles. The van der Waals surface area contributed by atoms with Gasteiger partial charge in [-0.05, 0) is 40.8 Å². The van der Waals surface area contributed by atoms with Crippen LogP contribution in [0, 0.1) is 5.92 Å². The molecule has 0 unspecified atom stereocenters. The van der Waals surface area contributed by atoms with E-state index in [1.54, 1.807) is 0 Å². The minimum Gasteiger partial charge on any atom is -0.444 e. The number of hydrogen-bond acceptors (Lipinski definition) is 4. The number of piperidine rings is 1. The zero-order valence-corrected chi connectivity index (χ0v) is 11.2. The summed E-state index contributed by atoms with van der Waals surface area (Å²) >= 11 is 0. The van der Waals surface area contributed by atoms with Gasteiger partial charge >= 0.3 is 6.09 Å². The van der Waals surface area contributed by atoms with Crippen LogP contribution in [0.15, 0.2) is 0 Å². The zero-order chi connectivity index (χ0) is 13.1. The van der Waals surface area contributed by atoms with Gasteiger partial charge in [-0.1, -0.05) is 0 Å². The molecule has 0 saturated carbocycles. The maximum Gasteiger partial charge on any atom is 0.407 e. The smallest absolute Gasteiger partial charge is 0.407 e. The zero-order valence-electron chi connectivity index (χ0n) is 11.2. The lowest BCUT2D eigenvalue weighted by molar-refractivity contribution is 0.0404. The van der Waals surface area contributed by atoms with Gasteiger partial charge in [0.1, 0.15) is 5.60 Å². The van der Waals surface area contributed by atoms with Gasteiger partial charge in [-0.15, -0.1) is 0 Å². The van der Waals surface area contributed by atoms with Gasteiger partial charge in [0, 0.05) is 25.1 Å². The van der Waals surface area contributed by atoms with Crippen LogP contribution < -0.4 is 5.32 Å². The van der Waals surface area contributed by atoms with Crippen molar-refractivity contribution in [2.75, 3.05) is 26.7 Å². The Balaban J connectivity index is 2.49. The van der Waals surface area contributed by atoms with Gasteiger partial charge in [-0.3, -0.25) is 0 Å². The second-order valence-electron chi connectivity index (χ2n) is 5.75. The summed E-state index contributed by atoms with van der Waals surface area (Å²) in [5, 5.41) is 12.1. The Bertz CT molecular complexity index is 263. The van der Waals surface area contributed by atoms with Crippen molar-refractivity contribution in [1.29, 1.82) is 0 Å². The molecule has 0 aliphatic carbocycles. The van der Waals surface area contributed by atoms with Gasteiger partial charge in [0.2, 0.25) is 0 Å². The average Bonchev–Trinajstić information content (AvgIpc) is 2.14. The molecular formula is C12H24N2O3. The molecular weight excluding hydrogens is 220 g/mol. The highest BCUT2D eigenvalue weighted by Gasteiger charge is 2.29. The highest BCUT2D eigenvalue weighted by Crippen LogP contribution is 2.17. The van der Waals surface area contributed by atoms with E-state index in [0.717, 1.165) is 19.5 Å². The molecule has 0 aromatic carbocycles. The number of aliphatic hydroxyl groups excluding tert-OH is 1. The highest BCUT2D eigenvalue weighted by molar-refractivity contribution is 5.68. The first-order valence-corrected chi connectivity index (χ1v) is 6.11. The lowest BCUT2D eigenvalue weighted by atomic mass is 9.93. The lowest BCUT2D eigenvalue weighted by Crippen LogP contribution is -2.53. The first-order chi connectivity index (χ1) is 7.81. The molecule has 0 spiro atoms. The van der Waals surface area contributed by atoms with Crippen LogP contribution in [0.1, 0.15) is 27.2 Å². The van der Waals surface area contributed by atoms with Gasteiger partial charge in [0.15, 0.2) is 0 Å². The first-order valence-electron chi connectivity index (χ1n) is 6.11. The van der Waals surface area contributed by atoms with Crippen LogP contribution in [-0.2, 0) is 4.74 Å². The summed E-state index contributed by atoms with van der Waals surface area (Å²) in [6.45, 7) is 7.33. The summed E-state index contributed by atoms with van der Waals surface area (Å²) in [7, 11) is 2.01. The quantitative estimate of drug-likeness (QED) is 0.755. The molecule has 0 aromatic rings. The monoisotopic (exact) mass is 244 g/mol. The number of amides is 1. The normalized spacial score (nSPS) is 26.6. The first kappa shape index (κ1) is 14.3. The van der Waals surface area contributed by atoms with Crippen LogP contribution in [0.3, 0.4) is 0 Å². The highest BCUT2D eigenvalue weighted by atomic mass is 16.6. The van der Waals surface area contributed by atoms with Crippen molar-refractivity contribution in [3.05, 3.63) is 0 Å². The molecule has 0 aromatic heterocycles. The summed E-state index contributed by atoms with van der Waals surface area (Å²) in [6.07, 6.45) is 0.490. The van der Waals surface area contributed by atoms with Gasteiger partial charge in [0.25, 0.3) is 0 Å². The molecule has 1 aliphatic heterocycles. The third-order valence-electron chi connectivity index (χ3n) is 2.90. The van der Waals surface area contributed by atoms with E-state index in [9.17, 15) is 9.90 Å². The minimum atomic E-state index is -0.487. The number of alkyl carbamates (subject to hydrolysis) is 1. The lowest BCUT2D eigenvalue weighted by Gasteiger charge is -2.36. The standard InChI is InChI=1S/C12H24N2O3/c1-12(2,3)17-11(16)13-10-7-14(4)6-5-9(10)8-15/h9-10,15H,5-8H2,1-4H3,(H,13,16)/t9-,10-/m1/s1. The van der Waals surface area contributed by atoms with E-state index in [2.05, 4.69) is 10.2 Å². The number of nitrogens with zero attached hydrogens (tertiary/aromatic N) is 1. The molecule has 2 N–H and O–H groups in total. The SMILES string of the molecule is CN1CC[C@H](CO)[C@H](NC(=O)OC(C)(C)C)C1. The van der Waals surface area contributed by atoms with Crippen molar-refractivity contribution in [3.8, 4) is 0 Å². The molecule has 5 heteroatoms. The number of likely N-dealkylation sites (tertiary alicyclic amines) is 1. The van der Waals surface area contributed by atoms with Crippen molar-refractivity contribution >= 4 is 6.09 Å². The van der Waals surface area contributed by atoms with Crippen molar-refractivity contribution in [2.24, 2.45) is 5.92 Å². The fourth-order valence-corrected chi connectivity index (χ4v) is 2.00.